The molecule has 2 aromatic carbocycles. The van der Waals surface area contributed by atoms with Gasteiger partial charge in [0.1, 0.15) is 5.75 Å². The van der Waals surface area contributed by atoms with Gasteiger partial charge in [-0.1, -0.05) is 18.2 Å². The lowest BCUT2D eigenvalue weighted by molar-refractivity contribution is 0.0740. The van der Waals surface area contributed by atoms with E-state index in [1.165, 1.54) is 0 Å². The van der Waals surface area contributed by atoms with Crippen molar-refractivity contribution in [2.75, 3.05) is 33.3 Å². The van der Waals surface area contributed by atoms with Crippen LogP contribution < -0.4 is 10.1 Å². The lowest BCUT2D eigenvalue weighted by Gasteiger charge is -2.35. The molecule has 1 fully saturated rings. The fourth-order valence-corrected chi connectivity index (χ4v) is 3.24. The van der Waals surface area contributed by atoms with Gasteiger partial charge in [-0.25, -0.2) is 8.78 Å². The Morgan fingerprint density at radius 1 is 1.09 bits per heavy atom. The summed E-state index contributed by atoms with van der Waals surface area (Å²) in [7, 11) is 1.64. The van der Waals surface area contributed by atoms with Gasteiger partial charge in [0.05, 0.1) is 7.11 Å². The second-order valence-electron chi connectivity index (χ2n) is 5.90. The third-order valence-electron chi connectivity index (χ3n) is 4.45. The highest BCUT2D eigenvalue weighted by Crippen LogP contribution is 2.31. The molecule has 3 nitrogen and oxygen atoms in total. The molecular formula is C18H22F2N2O. The smallest absolute Gasteiger partial charge is 0.240 e. The summed E-state index contributed by atoms with van der Waals surface area (Å²) >= 11 is 0. The Morgan fingerprint density at radius 3 is 2.48 bits per heavy atom. The fourth-order valence-electron chi connectivity index (χ4n) is 3.24. The highest BCUT2D eigenvalue weighted by atomic mass is 19.3. The molecule has 1 saturated heterocycles. The molecule has 1 atom stereocenters. The number of benzene rings is 2. The molecule has 0 spiro atoms. The quantitative estimate of drug-likeness (QED) is 0.913. The minimum Gasteiger partial charge on any atom is -0.497 e. The van der Waals surface area contributed by atoms with Crippen molar-refractivity contribution in [3.05, 3.63) is 42.0 Å². The maximum atomic E-state index is 13.1. The Balaban J connectivity index is 1.92. The van der Waals surface area contributed by atoms with Crippen LogP contribution in [0.3, 0.4) is 0 Å². The number of hydrogen-bond acceptors (Lipinski definition) is 3. The maximum absolute atomic E-state index is 13.1. The fraction of sp³-hybridized carbons (Fsp3) is 0.444. The average molecular weight is 320 g/mol. The van der Waals surface area contributed by atoms with Crippen LogP contribution in [0.2, 0.25) is 0 Å². The average Bonchev–Trinajstić information content (AvgIpc) is 2.59. The van der Waals surface area contributed by atoms with E-state index >= 15 is 0 Å². The van der Waals surface area contributed by atoms with E-state index in [0.29, 0.717) is 0 Å². The van der Waals surface area contributed by atoms with Gasteiger partial charge in [0, 0.05) is 38.6 Å². The largest absolute Gasteiger partial charge is 0.497 e. The first-order valence-corrected chi connectivity index (χ1v) is 7.98. The monoisotopic (exact) mass is 320 g/mol. The summed E-state index contributed by atoms with van der Waals surface area (Å²) < 4.78 is 31.4. The van der Waals surface area contributed by atoms with Crippen molar-refractivity contribution < 1.29 is 13.5 Å². The molecule has 1 N–H and O–H groups in total. The summed E-state index contributed by atoms with van der Waals surface area (Å²) in [5.41, 5.74) is 0.963. The van der Waals surface area contributed by atoms with Crippen LogP contribution in [0.5, 0.6) is 5.75 Å². The first kappa shape index (κ1) is 16.1. The first-order chi connectivity index (χ1) is 11.2. The molecule has 0 bridgehead atoms. The molecular weight excluding hydrogens is 298 g/mol. The molecule has 0 radical (unpaired) electrons. The SMILES string of the molecule is COc1ccc2cc([C@@H](CC(F)F)N3CCNCC3)ccc2c1. The van der Waals surface area contributed by atoms with E-state index < -0.39 is 6.43 Å². The second kappa shape index (κ2) is 7.23. The zero-order valence-electron chi connectivity index (χ0n) is 13.3. The van der Waals surface area contributed by atoms with Gasteiger partial charge in [-0.15, -0.1) is 0 Å². The number of alkyl halides is 2. The number of nitrogens with zero attached hydrogens (tertiary/aromatic N) is 1. The zero-order valence-corrected chi connectivity index (χ0v) is 13.3. The van der Waals surface area contributed by atoms with Crippen LogP contribution >= 0.6 is 0 Å². The Bertz CT molecular complexity index is 657. The maximum Gasteiger partial charge on any atom is 0.240 e. The second-order valence-corrected chi connectivity index (χ2v) is 5.90. The topological polar surface area (TPSA) is 24.5 Å². The number of rotatable bonds is 5. The summed E-state index contributed by atoms with van der Waals surface area (Å²) in [6.07, 6.45) is -2.43. The van der Waals surface area contributed by atoms with Gasteiger partial charge in [-0.2, -0.15) is 0 Å². The van der Waals surface area contributed by atoms with Crippen LogP contribution in [0.25, 0.3) is 10.8 Å². The number of hydrogen-bond donors (Lipinski definition) is 1. The van der Waals surface area contributed by atoms with Crippen molar-refractivity contribution in [1.82, 2.24) is 10.2 Å². The van der Waals surface area contributed by atoms with Crippen molar-refractivity contribution in [3.63, 3.8) is 0 Å². The Hall–Kier alpha value is -1.72. The van der Waals surface area contributed by atoms with Crippen molar-refractivity contribution in [2.45, 2.75) is 18.9 Å². The standard InChI is InChI=1S/C18H22F2N2O/c1-23-16-5-4-13-10-15(3-2-14(13)11-16)17(12-18(19)20)22-8-6-21-7-9-22/h2-5,10-11,17-18,21H,6-9,12H2,1H3/t17-/m1/s1. The molecule has 0 amide bonds. The number of ether oxygens (including phenoxy) is 1. The summed E-state index contributed by atoms with van der Waals surface area (Å²) in [6.45, 7) is 3.31. The molecule has 23 heavy (non-hydrogen) atoms. The minimum atomic E-state index is -2.30. The highest BCUT2D eigenvalue weighted by Gasteiger charge is 2.25. The van der Waals surface area contributed by atoms with Gasteiger partial charge in [0.15, 0.2) is 0 Å². The molecule has 2 aromatic rings. The third-order valence-corrected chi connectivity index (χ3v) is 4.45. The molecule has 124 valence electrons. The Labute approximate surface area is 135 Å². The Kier molecular flexibility index (Phi) is 5.08. The first-order valence-electron chi connectivity index (χ1n) is 7.98. The van der Waals surface area contributed by atoms with Crippen molar-refractivity contribution in [2.24, 2.45) is 0 Å². The summed E-state index contributed by atoms with van der Waals surface area (Å²) in [5, 5.41) is 5.39. The summed E-state index contributed by atoms with van der Waals surface area (Å²) in [6, 6.07) is 11.6. The van der Waals surface area contributed by atoms with Gasteiger partial charge in [-0.3, -0.25) is 4.90 Å². The summed E-state index contributed by atoms with van der Waals surface area (Å²) in [5.74, 6) is 0.802. The molecule has 1 aliphatic heterocycles. The van der Waals surface area contributed by atoms with E-state index in [-0.39, 0.29) is 12.5 Å². The van der Waals surface area contributed by atoms with Gasteiger partial charge < -0.3 is 10.1 Å². The predicted octanol–water partition coefficient (Wildman–Crippen LogP) is 3.45. The number of fused-ring (bicyclic) bond motifs is 1. The van der Waals surface area contributed by atoms with E-state index in [1.807, 2.05) is 36.4 Å². The lowest BCUT2D eigenvalue weighted by Crippen LogP contribution is -2.45. The zero-order chi connectivity index (χ0) is 16.2. The molecule has 1 aliphatic rings. The van der Waals surface area contributed by atoms with Crippen LogP contribution in [0.15, 0.2) is 36.4 Å². The lowest BCUT2D eigenvalue weighted by atomic mass is 9.98. The van der Waals surface area contributed by atoms with E-state index in [2.05, 4.69) is 10.2 Å². The van der Waals surface area contributed by atoms with Crippen LogP contribution in [-0.4, -0.2) is 44.6 Å². The summed E-state index contributed by atoms with van der Waals surface area (Å²) in [4.78, 5) is 2.16. The minimum absolute atomic E-state index is 0.123. The molecule has 1 heterocycles. The molecule has 3 rings (SSSR count). The van der Waals surface area contributed by atoms with Gasteiger partial charge >= 0.3 is 0 Å². The van der Waals surface area contributed by atoms with E-state index in [9.17, 15) is 8.78 Å². The third kappa shape index (κ3) is 3.79. The van der Waals surface area contributed by atoms with Crippen molar-refractivity contribution >= 4 is 10.8 Å². The van der Waals surface area contributed by atoms with Crippen LogP contribution in [0, 0.1) is 0 Å². The van der Waals surface area contributed by atoms with Crippen LogP contribution in [-0.2, 0) is 0 Å². The van der Waals surface area contributed by atoms with Gasteiger partial charge in [0.2, 0.25) is 6.43 Å². The van der Waals surface area contributed by atoms with Gasteiger partial charge in [0.25, 0.3) is 0 Å². The van der Waals surface area contributed by atoms with E-state index in [0.717, 1.165) is 48.3 Å². The molecule has 0 aliphatic carbocycles. The number of methoxy groups -OCH3 is 1. The normalized spacial score (nSPS) is 17.6. The highest BCUT2D eigenvalue weighted by molar-refractivity contribution is 5.84. The Morgan fingerprint density at radius 2 is 1.78 bits per heavy atom. The molecule has 5 heteroatoms. The van der Waals surface area contributed by atoms with Crippen molar-refractivity contribution in [3.8, 4) is 5.75 Å². The van der Waals surface area contributed by atoms with Gasteiger partial charge in [-0.05, 0) is 34.5 Å². The number of piperazine rings is 1. The molecule has 0 aromatic heterocycles. The number of halogens is 2. The van der Waals surface area contributed by atoms with E-state index in [4.69, 9.17) is 4.74 Å². The van der Waals surface area contributed by atoms with Crippen LogP contribution in [0.1, 0.15) is 18.0 Å². The van der Waals surface area contributed by atoms with Crippen molar-refractivity contribution in [1.29, 1.82) is 0 Å². The number of nitrogens with one attached hydrogen (secondary N) is 1. The molecule has 0 unspecified atom stereocenters. The van der Waals surface area contributed by atoms with E-state index in [1.54, 1.807) is 7.11 Å². The predicted molar refractivity (Wildman–Crippen MR) is 88.3 cm³/mol. The van der Waals surface area contributed by atoms with Crippen LogP contribution in [0.4, 0.5) is 8.78 Å². The molecule has 0 saturated carbocycles.